The normalized spacial score (nSPS) is 20.6. The quantitative estimate of drug-likeness (QED) is 0.832. The van der Waals surface area contributed by atoms with E-state index < -0.39 is 0 Å². The third-order valence-corrected chi connectivity index (χ3v) is 4.99. The van der Waals surface area contributed by atoms with E-state index >= 15 is 0 Å². The lowest BCUT2D eigenvalue weighted by Gasteiger charge is -2.32. The molecule has 1 aromatic heterocycles. The van der Waals surface area contributed by atoms with Crippen LogP contribution in [-0.4, -0.2) is 60.1 Å². The van der Waals surface area contributed by atoms with E-state index in [-0.39, 0.29) is 0 Å². The largest absolute Gasteiger partial charge is 0.378 e. The summed E-state index contributed by atoms with van der Waals surface area (Å²) in [6, 6.07) is 4.18. The number of nitrogens with zero attached hydrogens (tertiary/aromatic N) is 3. The second kappa shape index (κ2) is 8.41. The number of ether oxygens (including phenoxy) is 1. The van der Waals surface area contributed by atoms with E-state index in [4.69, 9.17) is 4.74 Å². The third kappa shape index (κ3) is 5.01. The molecule has 0 aliphatic carbocycles. The van der Waals surface area contributed by atoms with Crippen molar-refractivity contribution < 1.29 is 9.53 Å². The van der Waals surface area contributed by atoms with Gasteiger partial charge < -0.3 is 9.64 Å². The first kappa shape index (κ1) is 16.4. The summed E-state index contributed by atoms with van der Waals surface area (Å²) in [5.41, 5.74) is 1.33. The fourth-order valence-electron chi connectivity index (χ4n) is 3.48. The molecule has 0 unspecified atom stereocenters. The van der Waals surface area contributed by atoms with Crippen molar-refractivity contribution in [1.82, 2.24) is 14.8 Å². The summed E-state index contributed by atoms with van der Waals surface area (Å²) in [6.07, 6.45) is 7.88. The predicted molar refractivity (Wildman–Crippen MR) is 88.9 cm³/mol. The highest BCUT2D eigenvalue weighted by Crippen LogP contribution is 2.23. The number of pyridine rings is 1. The van der Waals surface area contributed by atoms with Crippen LogP contribution in [0.2, 0.25) is 0 Å². The fourth-order valence-corrected chi connectivity index (χ4v) is 3.48. The van der Waals surface area contributed by atoms with Gasteiger partial charge in [0.2, 0.25) is 5.91 Å². The SMILES string of the molecule is O=C(CCC1CCN(Cc2ccncc2)CC1)N1CCOCC1. The van der Waals surface area contributed by atoms with Gasteiger partial charge in [0.1, 0.15) is 0 Å². The molecule has 0 spiro atoms. The Labute approximate surface area is 138 Å². The number of carbonyl (C=O) groups is 1. The molecule has 0 bridgehead atoms. The van der Waals surface area contributed by atoms with Crippen LogP contribution in [0.4, 0.5) is 0 Å². The first-order valence-corrected chi connectivity index (χ1v) is 8.78. The molecule has 5 nitrogen and oxygen atoms in total. The van der Waals surface area contributed by atoms with Gasteiger partial charge in [-0.3, -0.25) is 14.7 Å². The van der Waals surface area contributed by atoms with Gasteiger partial charge in [0, 0.05) is 38.4 Å². The molecule has 2 saturated heterocycles. The van der Waals surface area contributed by atoms with E-state index in [0.29, 0.717) is 31.5 Å². The first-order chi connectivity index (χ1) is 11.3. The van der Waals surface area contributed by atoms with E-state index in [1.54, 1.807) is 0 Å². The number of hydrogen-bond acceptors (Lipinski definition) is 4. The minimum absolute atomic E-state index is 0.313. The molecule has 3 heterocycles. The molecular weight excluding hydrogens is 290 g/mol. The molecule has 0 N–H and O–H groups in total. The number of hydrogen-bond donors (Lipinski definition) is 0. The molecule has 1 aromatic rings. The van der Waals surface area contributed by atoms with E-state index in [1.807, 2.05) is 17.3 Å². The number of aromatic nitrogens is 1. The Morgan fingerprint density at radius 2 is 1.83 bits per heavy atom. The van der Waals surface area contributed by atoms with Crippen molar-refractivity contribution in [2.24, 2.45) is 5.92 Å². The van der Waals surface area contributed by atoms with Crippen LogP contribution in [0.5, 0.6) is 0 Å². The van der Waals surface area contributed by atoms with Crippen molar-refractivity contribution in [1.29, 1.82) is 0 Å². The standard InChI is InChI=1S/C18H27N3O2/c22-18(21-11-13-23-14-12-21)2-1-16-5-9-20(10-6-16)15-17-3-7-19-8-4-17/h3-4,7-8,16H,1-2,5-6,9-15H2. The number of likely N-dealkylation sites (tertiary alicyclic amines) is 1. The summed E-state index contributed by atoms with van der Waals surface area (Å²) in [5.74, 6) is 1.01. The molecule has 1 amide bonds. The number of carbonyl (C=O) groups excluding carboxylic acids is 1. The van der Waals surface area contributed by atoms with Crippen LogP contribution in [0.3, 0.4) is 0 Å². The monoisotopic (exact) mass is 317 g/mol. The zero-order valence-corrected chi connectivity index (χ0v) is 13.8. The van der Waals surface area contributed by atoms with Gasteiger partial charge in [-0.15, -0.1) is 0 Å². The molecule has 126 valence electrons. The van der Waals surface area contributed by atoms with Crippen molar-refractivity contribution in [3.63, 3.8) is 0 Å². The number of piperidine rings is 1. The van der Waals surface area contributed by atoms with Crippen molar-refractivity contribution >= 4 is 5.91 Å². The van der Waals surface area contributed by atoms with Crippen molar-refractivity contribution in [2.45, 2.75) is 32.2 Å². The van der Waals surface area contributed by atoms with Crippen LogP contribution >= 0.6 is 0 Å². The second-order valence-electron chi connectivity index (χ2n) is 6.61. The zero-order chi connectivity index (χ0) is 15.9. The van der Waals surface area contributed by atoms with Gasteiger partial charge in [-0.2, -0.15) is 0 Å². The molecule has 3 rings (SSSR count). The lowest BCUT2D eigenvalue weighted by molar-refractivity contribution is -0.135. The maximum Gasteiger partial charge on any atom is 0.222 e. The highest BCUT2D eigenvalue weighted by molar-refractivity contribution is 5.76. The summed E-state index contributed by atoms with van der Waals surface area (Å²) in [7, 11) is 0. The van der Waals surface area contributed by atoms with Gasteiger partial charge in [-0.05, 0) is 56.0 Å². The molecule has 0 saturated carbocycles. The number of amides is 1. The smallest absolute Gasteiger partial charge is 0.222 e. The van der Waals surface area contributed by atoms with Gasteiger partial charge >= 0.3 is 0 Å². The second-order valence-corrected chi connectivity index (χ2v) is 6.61. The summed E-state index contributed by atoms with van der Waals surface area (Å²) in [5, 5.41) is 0. The first-order valence-electron chi connectivity index (χ1n) is 8.78. The Morgan fingerprint density at radius 1 is 1.13 bits per heavy atom. The maximum atomic E-state index is 12.2. The lowest BCUT2D eigenvalue weighted by atomic mass is 9.91. The molecule has 2 fully saturated rings. The lowest BCUT2D eigenvalue weighted by Crippen LogP contribution is -2.41. The minimum Gasteiger partial charge on any atom is -0.378 e. The Hall–Kier alpha value is -1.46. The van der Waals surface area contributed by atoms with E-state index in [1.165, 1.54) is 18.4 Å². The van der Waals surface area contributed by atoms with Crippen LogP contribution in [0.1, 0.15) is 31.2 Å². The van der Waals surface area contributed by atoms with Gasteiger partial charge in [0.05, 0.1) is 13.2 Å². The molecular formula is C18H27N3O2. The van der Waals surface area contributed by atoms with Gasteiger partial charge in [0.15, 0.2) is 0 Å². The number of rotatable bonds is 5. The topological polar surface area (TPSA) is 45.7 Å². The van der Waals surface area contributed by atoms with E-state index in [0.717, 1.165) is 39.1 Å². The van der Waals surface area contributed by atoms with Crippen LogP contribution in [0, 0.1) is 5.92 Å². The number of morpholine rings is 1. The average Bonchev–Trinajstić information content (AvgIpc) is 2.62. The molecule has 0 radical (unpaired) electrons. The highest BCUT2D eigenvalue weighted by atomic mass is 16.5. The summed E-state index contributed by atoms with van der Waals surface area (Å²) >= 11 is 0. The molecule has 2 aliphatic rings. The highest BCUT2D eigenvalue weighted by Gasteiger charge is 2.22. The predicted octanol–water partition coefficient (Wildman–Crippen LogP) is 1.93. The van der Waals surface area contributed by atoms with Crippen LogP contribution in [-0.2, 0) is 16.1 Å². The van der Waals surface area contributed by atoms with Crippen molar-refractivity contribution in [2.75, 3.05) is 39.4 Å². The molecule has 23 heavy (non-hydrogen) atoms. The Morgan fingerprint density at radius 3 is 2.52 bits per heavy atom. The molecule has 0 aromatic carbocycles. The third-order valence-electron chi connectivity index (χ3n) is 4.99. The summed E-state index contributed by atoms with van der Waals surface area (Å²) in [4.78, 5) is 20.7. The summed E-state index contributed by atoms with van der Waals surface area (Å²) in [6.45, 7) is 6.21. The van der Waals surface area contributed by atoms with Gasteiger partial charge in [-0.25, -0.2) is 0 Å². The Balaban J connectivity index is 1.35. The molecule has 5 heteroatoms. The zero-order valence-electron chi connectivity index (χ0n) is 13.8. The van der Waals surface area contributed by atoms with Crippen LogP contribution < -0.4 is 0 Å². The Kier molecular flexibility index (Phi) is 6.00. The molecule has 0 atom stereocenters. The van der Waals surface area contributed by atoms with Gasteiger partial charge in [0.25, 0.3) is 0 Å². The Bertz CT molecular complexity index is 480. The molecule has 2 aliphatic heterocycles. The van der Waals surface area contributed by atoms with Crippen molar-refractivity contribution in [3.05, 3.63) is 30.1 Å². The fraction of sp³-hybridized carbons (Fsp3) is 0.667. The minimum atomic E-state index is 0.313. The maximum absolute atomic E-state index is 12.2. The van der Waals surface area contributed by atoms with E-state index in [9.17, 15) is 4.79 Å². The van der Waals surface area contributed by atoms with Crippen LogP contribution in [0.15, 0.2) is 24.5 Å². The average molecular weight is 317 g/mol. The summed E-state index contributed by atoms with van der Waals surface area (Å²) < 4.78 is 5.30. The van der Waals surface area contributed by atoms with E-state index in [2.05, 4.69) is 22.0 Å². The van der Waals surface area contributed by atoms with Crippen LogP contribution in [0.25, 0.3) is 0 Å². The van der Waals surface area contributed by atoms with Gasteiger partial charge in [-0.1, -0.05) is 0 Å². The van der Waals surface area contributed by atoms with Crippen molar-refractivity contribution in [3.8, 4) is 0 Å².